The molecule has 0 aromatic rings. The van der Waals surface area contributed by atoms with Gasteiger partial charge in [0.05, 0.1) is 26.2 Å². The second-order valence-electron chi connectivity index (χ2n) is 19.1. The Labute approximate surface area is 451 Å². The zero-order valence-electron chi connectivity index (χ0n) is 46.8. The number of rotatable bonds is 53. The van der Waals surface area contributed by atoms with Gasteiger partial charge in [0, 0.05) is 12.8 Å². The summed E-state index contributed by atoms with van der Waals surface area (Å²) in [6.45, 7) is 4.37. The predicted octanol–water partition coefficient (Wildman–Crippen LogP) is 17.3. The fraction of sp³-hybridized carbons (Fsp3) is 0.694. The van der Waals surface area contributed by atoms with E-state index in [1.54, 1.807) is 6.08 Å². The molecule has 0 aromatic carbocycles. The molecule has 12 heteroatoms. The maximum absolute atomic E-state index is 12.9. The zero-order chi connectivity index (χ0) is 54.1. The first-order valence-corrected chi connectivity index (χ1v) is 30.6. The SMILES string of the molecule is CC/C=C\C/C=C\C/C=C\C/C=C\C/C=C\CC(=O)OC(CO)COP(=O)(O)OCC(COC(=O)CCCCCCC/C=C\C/C=C\CCCCC)OC(=O)CCCCCCCCC/C=C\CCCCCCCC. The van der Waals surface area contributed by atoms with Crippen LogP contribution in [-0.4, -0.2) is 66.5 Å². The molecule has 11 nitrogen and oxygen atoms in total. The second kappa shape index (κ2) is 55.6. The van der Waals surface area contributed by atoms with Crippen LogP contribution in [0.5, 0.6) is 0 Å². The summed E-state index contributed by atoms with van der Waals surface area (Å²) in [5.41, 5.74) is 0. The molecule has 0 aliphatic heterocycles. The fourth-order valence-electron chi connectivity index (χ4n) is 7.57. The molecule has 424 valence electrons. The summed E-state index contributed by atoms with van der Waals surface area (Å²) in [6.07, 6.45) is 65.3. The lowest BCUT2D eigenvalue weighted by atomic mass is 10.1. The summed E-state index contributed by atoms with van der Waals surface area (Å²) in [7, 11) is -4.78. The first-order valence-electron chi connectivity index (χ1n) is 29.1. The number of aliphatic hydroxyl groups is 1. The molecule has 3 atom stereocenters. The highest BCUT2D eigenvalue weighted by molar-refractivity contribution is 7.47. The molecule has 0 aliphatic rings. The van der Waals surface area contributed by atoms with Gasteiger partial charge in [-0.2, -0.15) is 0 Å². The second-order valence-corrected chi connectivity index (χ2v) is 20.5. The normalized spacial score (nSPS) is 14.1. The van der Waals surface area contributed by atoms with Crippen molar-refractivity contribution in [1.82, 2.24) is 0 Å². The average Bonchev–Trinajstić information content (AvgIpc) is 3.39. The molecule has 2 N–H and O–H groups in total. The topological polar surface area (TPSA) is 155 Å². The van der Waals surface area contributed by atoms with Crippen molar-refractivity contribution < 1.29 is 52.2 Å². The number of aliphatic hydroxyl groups excluding tert-OH is 1. The van der Waals surface area contributed by atoms with E-state index in [4.69, 9.17) is 23.3 Å². The number of unbranched alkanes of at least 4 members (excludes halogenated alkanes) is 21. The minimum atomic E-state index is -4.78. The lowest BCUT2D eigenvalue weighted by molar-refractivity contribution is -0.161. The zero-order valence-corrected chi connectivity index (χ0v) is 47.7. The molecule has 0 fully saturated rings. The van der Waals surface area contributed by atoms with Gasteiger partial charge in [-0.05, 0) is 103 Å². The third kappa shape index (κ3) is 53.2. The Morgan fingerprint density at radius 1 is 0.405 bits per heavy atom. The maximum Gasteiger partial charge on any atom is 0.472 e. The molecule has 0 spiro atoms. The van der Waals surface area contributed by atoms with Crippen molar-refractivity contribution in [2.75, 3.05) is 26.4 Å². The molecule has 74 heavy (non-hydrogen) atoms. The number of carbonyl (C=O) groups is 3. The van der Waals surface area contributed by atoms with Gasteiger partial charge in [-0.3, -0.25) is 23.4 Å². The first-order chi connectivity index (χ1) is 36.2. The summed E-state index contributed by atoms with van der Waals surface area (Å²) >= 11 is 0. The minimum Gasteiger partial charge on any atom is -0.462 e. The Kier molecular flexibility index (Phi) is 52.9. The van der Waals surface area contributed by atoms with E-state index in [0.717, 1.165) is 103 Å². The van der Waals surface area contributed by atoms with Crippen molar-refractivity contribution in [2.45, 2.75) is 251 Å². The van der Waals surface area contributed by atoms with Crippen molar-refractivity contribution in [2.24, 2.45) is 0 Å². The first kappa shape index (κ1) is 70.4. The highest BCUT2D eigenvalue weighted by Gasteiger charge is 2.28. The summed E-state index contributed by atoms with van der Waals surface area (Å²) in [5, 5.41) is 9.79. The number of allylic oxidation sites excluding steroid dienone is 15. The standard InChI is InChI=1S/C62H105O11P/c1-4-7-10-13-16-19-22-25-28-29-32-35-38-41-44-47-50-53-62(66)73-59(55-69-60(64)51-48-45-42-39-36-33-30-26-23-20-17-14-11-8-5-2)57-71-74(67,68)70-56-58(54-63)72-61(65)52-49-46-43-40-37-34-31-27-24-21-18-15-12-9-6-3/h9,12,17-18,20-21,25-28,30-31,37,40,46,49,58-59,63H,4-8,10-11,13-16,19,22-24,29,32-36,38-39,41-45,47-48,50-57H2,1-3H3,(H,67,68)/b12-9-,20-17-,21-18-,28-25-,30-26-,31-27-,40-37-,49-46-. The van der Waals surface area contributed by atoms with Crippen LogP contribution >= 0.6 is 7.82 Å². The van der Waals surface area contributed by atoms with E-state index in [-0.39, 0.29) is 25.9 Å². The lowest BCUT2D eigenvalue weighted by Gasteiger charge is -2.21. The van der Waals surface area contributed by atoms with Gasteiger partial charge in [-0.25, -0.2) is 4.57 Å². The Hall–Kier alpha value is -3.60. The van der Waals surface area contributed by atoms with Gasteiger partial charge < -0.3 is 24.2 Å². The van der Waals surface area contributed by atoms with E-state index in [2.05, 4.69) is 93.7 Å². The third-order valence-corrected chi connectivity index (χ3v) is 12.9. The number of phosphoric ester groups is 1. The van der Waals surface area contributed by atoms with Gasteiger partial charge in [0.1, 0.15) is 12.7 Å². The summed E-state index contributed by atoms with van der Waals surface area (Å²) in [6, 6.07) is 0. The van der Waals surface area contributed by atoms with E-state index in [0.29, 0.717) is 19.3 Å². The number of carbonyl (C=O) groups excluding carboxylic acids is 3. The molecule has 0 aromatic heterocycles. The summed E-state index contributed by atoms with van der Waals surface area (Å²) < 4.78 is 39.4. The predicted molar refractivity (Wildman–Crippen MR) is 307 cm³/mol. The number of esters is 3. The van der Waals surface area contributed by atoms with Crippen LogP contribution in [0.3, 0.4) is 0 Å². The van der Waals surface area contributed by atoms with Crippen molar-refractivity contribution >= 4 is 25.7 Å². The molecule has 0 bridgehead atoms. The molecule has 0 aliphatic carbocycles. The Balaban J connectivity index is 4.83. The van der Waals surface area contributed by atoms with Crippen LogP contribution in [0.15, 0.2) is 97.2 Å². The van der Waals surface area contributed by atoms with Crippen molar-refractivity contribution in [1.29, 1.82) is 0 Å². The molecule has 0 saturated carbocycles. The fourth-order valence-corrected chi connectivity index (χ4v) is 8.36. The van der Waals surface area contributed by atoms with Crippen molar-refractivity contribution in [3.63, 3.8) is 0 Å². The van der Waals surface area contributed by atoms with E-state index >= 15 is 0 Å². The largest absolute Gasteiger partial charge is 0.472 e. The van der Waals surface area contributed by atoms with Gasteiger partial charge in [0.15, 0.2) is 6.10 Å². The van der Waals surface area contributed by atoms with Crippen LogP contribution in [0, 0.1) is 0 Å². The van der Waals surface area contributed by atoms with Crippen molar-refractivity contribution in [3.8, 4) is 0 Å². The molecule has 0 rings (SSSR count). The molecule has 0 saturated heterocycles. The number of hydrogen-bond donors (Lipinski definition) is 2. The van der Waals surface area contributed by atoms with Gasteiger partial charge in [0.25, 0.3) is 0 Å². The number of phosphoric acid groups is 1. The molecular formula is C62H105O11P. The van der Waals surface area contributed by atoms with Crippen LogP contribution in [-0.2, 0) is 42.2 Å². The average molecular weight is 1060 g/mol. The molecule has 0 radical (unpaired) electrons. The molecular weight excluding hydrogens is 952 g/mol. The van der Waals surface area contributed by atoms with Crippen LogP contribution < -0.4 is 0 Å². The highest BCUT2D eigenvalue weighted by atomic mass is 31.2. The van der Waals surface area contributed by atoms with E-state index < -0.39 is 57.8 Å². The summed E-state index contributed by atoms with van der Waals surface area (Å²) in [5.74, 6) is -1.63. The molecule has 3 unspecified atom stereocenters. The Morgan fingerprint density at radius 2 is 0.757 bits per heavy atom. The quantitative estimate of drug-likeness (QED) is 0.0197. The highest BCUT2D eigenvalue weighted by Crippen LogP contribution is 2.43. The van der Waals surface area contributed by atoms with Crippen molar-refractivity contribution in [3.05, 3.63) is 97.2 Å². The summed E-state index contributed by atoms with van der Waals surface area (Å²) in [4.78, 5) is 48.5. The Bertz CT molecular complexity index is 1610. The van der Waals surface area contributed by atoms with Gasteiger partial charge in [0.2, 0.25) is 0 Å². The maximum atomic E-state index is 12.9. The van der Waals surface area contributed by atoms with E-state index in [9.17, 15) is 28.9 Å². The molecule has 0 heterocycles. The van der Waals surface area contributed by atoms with Gasteiger partial charge >= 0.3 is 25.7 Å². The van der Waals surface area contributed by atoms with Crippen LogP contribution in [0.1, 0.15) is 239 Å². The third-order valence-electron chi connectivity index (χ3n) is 12.0. The number of ether oxygens (including phenoxy) is 3. The number of hydrogen-bond acceptors (Lipinski definition) is 10. The van der Waals surface area contributed by atoms with E-state index in [1.165, 1.54) is 77.0 Å². The van der Waals surface area contributed by atoms with Crippen LogP contribution in [0.2, 0.25) is 0 Å². The minimum absolute atomic E-state index is 0.0594. The Morgan fingerprint density at radius 3 is 1.23 bits per heavy atom. The van der Waals surface area contributed by atoms with Crippen LogP contribution in [0.4, 0.5) is 0 Å². The smallest absolute Gasteiger partial charge is 0.462 e. The van der Waals surface area contributed by atoms with Gasteiger partial charge in [-0.1, -0.05) is 214 Å². The monoisotopic (exact) mass is 1060 g/mol. The van der Waals surface area contributed by atoms with Crippen LogP contribution in [0.25, 0.3) is 0 Å². The van der Waals surface area contributed by atoms with Gasteiger partial charge in [-0.15, -0.1) is 0 Å². The van der Waals surface area contributed by atoms with E-state index in [1.807, 2.05) is 18.2 Å². The lowest BCUT2D eigenvalue weighted by Crippen LogP contribution is -2.30. The molecule has 0 amide bonds.